The molecule has 4 heteroatoms. The fourth-order valence-corrected chi connectivity index (χ4v) is 10.6. The number of nitrogens with zero attached hydrogens (tertiary/aromatic N) is 3. The third-order valence-electron chi connectivity index (χ3n) is 12.5. The second-order valence-electron chi connectivity index (χ2n) is 15.9. The third kappa shape index (κ3) is 5.91. The minimum Gasteiger partial charge on any atom is -0.208 e. The van der Waals surface area contributed by atoms with Crippen LogP contribution in [0.1, 0.15) is 22.3 Å². The minimum atomic E-state index is -0.501. The van der Waals surface area contributed by atoms with Crippen LogP contribution in [0.2, 0.25) is 0 Å². The molecule has 0 saturated heterocycles. The molecule has 290 valence electrons. The summed E-state index contributed by atoms with van der Waals surface area (Å²) in [4.78, 5) is 15.2. The van der Waals surface area contributed by atoms with Crippen LogP contribution in [0.3, 0.4) is 0 Å². The molecule has 62 heavy (non-hydrogen) atoms. The first kappa shape index (κ1) is 36.1. The van der Waals surface area contributed by atoms with Crippen molar-refractivity contribution in [2.24, 2.45) is 0 Å². The second kappa shape index (κ2) is 14.7. The van der Waals surface area contributed by atoms with Crippen LogP contribution < -0.4 is 0 Å². The van der Waals surface area contributed by atoms with Crippen LogP contribution in [0.25, 0.3) is 87.7 Å². The molecule has 11 aromatic rings. The van der Waals surface area contributed by atoms with Crippen molar-refractivity contribution in [2.75, 3.05) is 0 Å². The van der Waals surface area contributed by atoms with Crippen LogP contribution >= 0.6 is 11.3 Å². The van der Waals surface area contributed by atoms with E-state index in [1.807, 2.05) is 47.7 Å². The van der Waals surface area contributed by atoms with E-state index in [4.69, 9.17) is 15.0 Å². The van der Waals surface area contributed by atoms with E-state index in [9.17, 15) is 0 Å². The maximum absolute atomic E-state index is 5.10. The lowest BCUT2D eigenvalue weighted by atomic mass is 9.67. The monoisotopic (exact) mass is 807 g/mol. The van der Waals surface area contributed by atoms with Gasteiger partial charge in [-0.3, -0.25) is 0 Å². The number of fused-ring (bicyclic) bond motifs is 6. The summed E-state index contributed by atoms with van der Waals surface area (Å²) < 4.78 is 2.62. The summed E-state index contributed by atoms with van der Waals surface area (Å²) >= 11 is 1.86. The smallest absolute Gasteiger partial charge is 0.164 e. The highest BCUT2D eigenvalue weighted by molar-refractivity contribution is 7.25. The molecule has 1 aliphatic rings. The van der Waals surface area contributed by atoms with Gasteiger partial charge in [-0.1, -0.05) is 200 Å². The molecule has 0 atom stereocenters. The Balaban J connectivity index is 0.965. The van der Waals surface area contributed by atoms with Gasteiger partial charge in [0.05, 0.1) is 5.41 Å². The fraction of sp³-hybridized carbons (Fsp3) is 0.0172. The molecule has 1 aliphatic carbocycles. The van der Waals surface area contributed by atoms with Crippen molar-refractivity contribution in [1.29, 1.82) is 0 Å². The Morgan fingerprint density at radius 2 is 0.742 bits per heavy atom. The molecule has 2 heterocycles. The van der Waals surface area contributed by atoms with E-state index in [1.54, 1.807) is 0 Å². The molecular formula is C58H37N3S. The van der Waals surface area contributed by atoms with E-state index in [0.717, 1.165) is 33.4 Å². The highest BCUT2D eigenvalue weighted by Gasteiger charge is 2.46. The molecule has 0 radical (unpaired) electrons. The van der Waals surface area contributed by atoms with Crippen LogP contribution in [0.15, 0.2) is 224 Å². The second-order valence-corrected chi connectivity index (χ2v) is 17.0. The van der Waals surface area contributed by atoms with Crippen LogP contribution in [0, 0.1) is 0 Å². The zero-order valence-electron chi connectivity index (χ0n) is 33.6. The van der Waals surface area contributed by atoms with E-state index < -0.39 is 5.41 Å². The van der Waals surface area contributed by atoms with Gasteiger partial charge in [0, 0.05) is 36.9 Å². The van der Waals surface area contributed by atoms with Gasteiger partial charge in [0.1, 0.15) is 0 Å². The largest absolute Gasteiger partial charge is 0.208 e. The fourth-order valence-electron chi connectivity index (χ4n) is 9.53. The third-order valence-corrected chi connectivity index (χ3v) is 13.6. The summed E-state index contributed by atoms with van der Waals surface area (Å²) in [6.45, 7) is 0. The summed E-state index contributed by atoms with van der Waals surface area (Å²) in [6, 6.07) is 80.7. The number of hydrogen-bond donors (Lipinski definition) is 0. The molecule has 0 amide bonds. The molecule has 3 nitrogen and oxygen atoms in total. The molecule has 0 saturated carbocycles. The maximum Gasteiger partial charge on any atom is 0.164 e. The van der Waals surface area contributed by atoms with E-state index in [1.165, 1.54) is 59.1 Å². The number of rotatable bonds is 7. The molecular weight excluding hydrogens is 771 g/mol. The van der Waals surface area contributed by atoms with Gasteiger partial charge in [-0.2, -0.15) is 0 Å². The first-order chi connectivity index (χ1) is 30.7. The Kier molecular flexibility index (Phi) is 8.58. The van der Waals surface area contributed by atoms with Gasteiger partial charge in [-0.25, -0.2) is 15.0 Å². The topological polar surface area (TPSA) is 38.7 Å². The quantitative estimate of drug-likeness (QED) is 0.161. The van der Waals surface area contributed by atoms with Crippen LogP contribution in [-0.2, 0) is 5.41 Å². The van der Waals surface area contributed by atoms with Gasteiger partial charge in [0.2, 0.25) is 0 Å². The van der Waals surface area contributed by atoms with Crippen molar-refractivity contribution >= 4 is 31.5 Å². The van der Waals surface area contributed by atoms with Crippen LogP contribution in [0.4, 0.5) is 0 Å². The van der Waals surface area contributed by atoms with Crippen LogP contribution in [-0.4, -0.2) is 15.0 Å². The molecule has 0 spiro atoms. The van der Waals surface area contributed by atoms with Crippen molar-refractivity contribution in [1.82, 2.24) is 15.0 Å². The number of thiophene rings is 1. The average Bonchev–Trinajstić information content (AvgIpc) is 3.88. The predicted molar refractivity (Wildman–Crippen MR) is 257 cm³/mol. The highest BCUT2D eigenvalue weighted by atomic mass is 32.1. The summed E-state index contributed by atoms with van der Waals surface area (Å²) in [7, 11) is 0. The Labute approximate surface area is 364 Å². The average molecular weight is 808 g/mol. The van der Waals surface area contributed by atoms with Gasteiger partial charge in [-0.15, -0.1) is 11.3 Å². The van der Waals surface area contributed by atoms with Gasteiger partial charge in [0.15, 0.2) is 17.5 Å². The van der Waals surface area contributed by atoms with E-state index in [-0.39, 0.29) is 0 Å². The van der Waals surface area contributed by atoms with E-state index >= 15 is 0 Å². The Bertz CT molecular complexity index is 3400. The van der Waals surface area contributed by atoms with Gasteiger partial charge in [0.25, 0.3) is 0 Å². The summed E-state index contributed by atoms with van der Waals surface area (Å²) in [5.41, 5.74) is 14.6. The molecule has 0 aliphatic heterocycles. The summed E-state index contributed by atoms with van der Waals surface area (Å²) in [5.74, 6) is 1.91. The molecule has 0 unspecified atom stereocenters. The first-order valence-electron chi connectivity index (χ1n) is 21.0. The highest BCUT2D eigenvalue weighted by Crippen LogP contribution is 2.56. The lowest BCUT2D eigenvalue weighted by Crippen LogP contribution is -2.28. The molecule has 12 rings (SSSR count). The molecule has 2 aromatic heterocycles. The molecule has 0 N–H and O–H groups in total. The van der Waals surface area contributed by atoms with Crippen molar-refractivity contribution in [2.45, 2.75) is 5.41 Å². The maximum atomic E-state index is 5.10. The van der Waals surface area contributed by atoms with Crippen molar-refractivity contribution < 1.29 is 0 Å². The molecule has 0 fully saturated rings. The molecule has 9 aromatic carbocycles. The number of aromatic nitrogens is 3. The van der Waals surface area contributed by atoms with E-state index in [0.29, 0.717) is 17.5 Å². The Morgan fingerprint density at radius 3 is 1.44 bits per heavy atom. The lowest BCUT2D eigenvalue weighted by Gasteiger charge is -2.34. The van der Waals surface area contributed by atoms with Crippen molar-refractivity contribution in [3.8, 4) is 67.5 Å². The van der Waals surface area contributed by atoms with Crippen LogP contribution in [0.5, 0.6) is 0 Å². The molecule has 0 bridgehead atoms. The van der Waals surface area contributed by atoms with Gasteiger partial charge >= 0.3 is 0 Å². The van der Waals surface area contributed by atoms with Gasteiger partial charge in [-0.05, 0) is 79.9 Å². The lowest BCUT2D eigenvalue weighted by molar-refractivity contribution is 0.770. The first-order valence-corrected chi connectivity index (χ1v) is 21.8. The standard InChI is InChI=1S/C58H37N3S/c1-3-14-38(15-4-1)39-26-28-42(29-27-39)56-59-55(41-16-5-2-6-17-41)60-57(61-56)44-19-13-18-43(36-44)40-30-32-45(33-31-40)58(51-23-10-7-20-47(51)48-21-8-11-24-52(48)58)46-34-35-54-50(37-46)49-22-9-12-25-53(49)62-54/h1-37H. The van der Waals surface area contributed by atoms with Crippen molar-refractivity contribution in [3.63, 3.8) is 0 Å². The number of benzene rings is 9. The Morgan fingerprint density at radius 1 is 0.290 bits per heavy atom. The zero-order chi connectivity index (χ0) is 41.0. The SMILES string of the molecule is c1ccc(-c2ccc(-c3nc(-c4ccccc4)nc(-c4cccc(-c5ccc(C6(c7ccc8sc9ccccc9c8c7)c7ccccc7-c7ccccc76)cc5)c4)n3)cc2)cc1. The number of hydrogen-bond acceptors (Lipinski definition) is 4. The Hall–Kier alpha value is -7.79. The van der Waals surface area contributed by atoms with E-state index in [2.05, 4.69) is 188 Å². The summed E-state index contributed by atoms with van der Waals surface area (Å²) in [5, 5.41) is 2.61. The van der Waals surface area contributed by atoms with Gasteiger partial charge < -0.3 is 0 Å². The normalized spacial score (nSPS) is 12.6. The predicted octanol–water partition coefficient (Wildman–Crippen LogP) is 14.9. The zero-order valence-corrected chi connectivity index (χ0v) is 34.4. The van der Waals surface area contributed by atoms with Crippen molar-refractivity contribution in [3.05, 3.63) is 247 Å². The summed E-state index contributed by atoms with van der Waals surface area (Å²) in [6.07, 6.45) is 0. The minimum absolute atomic E-state index is 0.501.